The second-order valence-corrected chi connectivity index (χ2v) is 5.91. The topological polar surface area (TPSA) is 29.3 Å². The second-order valence-electron chi connectivity index (χ2n) is 5.50. The lowest BCUT2D eigenvalue weighted by atomic mass is 9.83. The van der Waals surface area contributed by atoms with E-state index >= 15 is 0 Å². The summed E-state index contributed by atoms with van der Waals surface area (Å²) < 4.78 is 13.3. The van der Waals surface area contributed by atoms with Crippen LogP contribution in [0, 0.1) is 11.7 Å². The molecule has 2 unspecified atom stereocenters. The van der Waals surface area contributed by atoms with Crippen LogP contribution >= 0.6 is 11.6 Å². The maximum absolute atomic E-state index is 13.3. The molecule has 1 aliphatic carbocycles. The first-order valence-electron chi connectivity index (χ1n) is 6.96. The van der Waals surface area contributed by atoms with Crippen molar-refractivity contribution in [1.29, 1.82) is 0 Å². The zero-order valence-corrected chi connectivity index (χ0v) is 12.2. The molecule has 2 rings (SSSR count). The number of rotatable bonds is 4. The van der Waals surface area contributed by atoms with Crippen molar-refractivity contribution in [1.82, 2.24) is 4.90 Å². The molecule has 2 atom stereocenters. The largest absolute Gasteiger partial charge is 0.330 e. The SMILES string of the molecule is CN(Cc1cc(F)ccc1Cl)C1CCCCC1CN. The zero-order chi connectivity index (χ0) is 13.8. The Hall–Kier alpha value is -0.640. The first-order valence-corrected chi connectivity index (χ1v) is 7.34. The van der Waals surface area contributed by atoms with Crippen LogP contribution in [-0.4, -0.2) is 24.5 Å². The van der Waals surface area contributed by atoms with Crippen LogP contribution in [0.4, 0.5) is 4.39 Å². The Kier molecular flexibility index (Phi) is 5.20. The Labute approximate surface area is 119 Å². The third-order valence-electron chi connectivity index (χ3n) is 4.17. The Bertz CT molecular complexity index is 425. The Morgan fingerprint density at radius 3 is 2.84 bits per heavy atom. The van der Waals surface area contributed by atoms with Crippen molar-refractivity contribution >= 4 is 11.6 Å². The lowest BCUT2D eigenvalue weighted by Gasteiger charge is -2.37. The van der Waals surface area contributed by atoms with Crippen LogP contribution in [-0.2, 0) is 6.54 Å². The molecule has 1 aromatic rings. The molecule has 1 aromatic carbocycles. The molecule has 2 N–H and O–H groups in total. The van der Waals surface area contributed by atoms with E-state index < -0.39 is 0 Å². The van der Waals surface area contributed by atoms with E-state index in [2.05, 4.69) is 11.9 Å². The number of halogens is 2. The van der Waals surface area contributed by atoms with Gasteiger partial charge in [0.05, 0.1) is 0 Å². The first-order chi connectivity index (χ1) is 9.11. The summed E-state index contributed by atoms with van der Waals surface area (Å²) in [5.74, 6) is 0.318. The van der Waals surface area contributed by atoms with E-state index in [1.165, 1.54) is 37.8 Å². The number of hydrogen-bond acceptors (Lipinski definition) is 2. The first kappa shape index (κ1) is 14.8. The maximum atomic E-state index is 13.3. The van der Waals surface area contributed by atoms with E-state index in [9.17, 15) is 4.39 Å². The molecule has 106 valence electrons. The molecule has 0 radical (unpaired) electrons. The van der Waals surface area contributed by atoms with Crippen molar-refractivity contribution in [3.05, 3.63) is 34.6 Å². The van der Waals surface area contributed by atoms with E-state index in [1.807, 2.05) is 0 Å². The number of benzene rings is 1. The van der Waals surface area contributed by atoms with Crippen LogP contribution in [0.25, 0.3) is 0 Å². The molecule has 2 nitrogen and oxygen atoms in total. The summed E-state index contributed by atoms with van der Waals surface area (Å²) in [6.07, 6.45) is 4.89. The van der Waals surface area contributed by atoms with Gasteiger partial charge in [-0.25, -0.2) is 4.39 Å². The molecule has 0 aliphatic heterocycles. The molecule has 1 aliphatic rings. The molecular formula is C15H22ClFN2. The van der Waals surface area contributed by atoms with Crippen LogP contribution in [0.1, 0.15) is 31.2 Å². The average molecular weight is 285 g/mol. The van der Waals surface area contributed by atoms with Crippen LogP contribution in [0.3, 0.4) is 0 Å². The molecule has 0 amide bonds. The number of nitrogens with zero attached hydrogens (tertiary/aromatic N) is 1. The minimum absolute atomic E-state index is 0.230. The van der Waals surface area contributed by atoms with Gasteiger partial charge < -0.3 is 5.73 Å². The predicted molar refractivity (Wildman–Crippen MR) is 77.7 cm³/mol. The highest BCUT2D eigenvalue weighted by Gasteiger charge is 2.27. The third-order valence-corrected chi connectivity index (χ3v) is 4.53. The minimum Gasteiger partial charge on any atom is -0.330 e. The van der Waals surface area contributed by atoms with Crippen molar-refractivity contribution in [3.63, 3.8) is 0 Å². The van der Waals surface area contributed by atoms with Crippen molar-refractivity contribution < 1.29 is 4.39 Å². The van der Waals surface area contributed by atoms with Crippen molar-refractivity contribution in [3.8, 4) is 0 Å². The predicted octanol–water partition coefficient (Wildman–Crippen LogP) is 3.43. The van der Waals surface area contributed by atoms with E-state index in [-0.39, 0.29) is 5.82 Å². The summed E-state index contributed by atoms with van der Waals surface area (Å²) in [6, 6.07) is 5.04. The molecule has 0 bridgehead atoms. The highest BCUT2D eigenvalue weighted by Crippen LogP contribution is 2.29. The molecular weight excluding hydrogens is 263 g/mol. The van der Waals surface area contributed by atoms with Gasteiger partial charge in [-0.3, -0.25) is 4.90 Å². The monoisotopic (exact) mass is 284 g/mol. The Balaban J connectivity index is 2.06. The smallest absolute Gasteiger partial charge is 0.123 e. The molecule has 1 saturated carbocycles. The van der Waals surface area contributed by atoms with Crippen molar-refractivity contribution in [2.75, 3.05) is 13.6 Å². The Morgan fingerprint density at radius 1 is 1.37 bits per heavy atom. The van der Waals surface area contributed by atoms with Gasteiger partial charge in [0.1, 0.15) is 5.82 Å². The summed E-state index contributed by atoms with van der Waals surface area (Å²) >= 11 is 6.13. The summed E-state index contributed by atoms with van der Waals surface area (Å²) in [4.78, 5) is 2.28. The lowest BCUT2D eigenvalue weighted by molar-refractivity contribution is 0.127. The number of nitrogens with two attached hydrogens (primary N) is 1. The fraction of sp³-hybridized carbons (Fsp3) is 0.600. The van der Waals surface area contributed by atoms with Gasteiger partial charge in [0.25, 0.3) is 0 Å². The van der Waals surface area contributed by atoms with Gasteiger partial charge in [0.2, 0.25) is 0 Å². The maximum Gasteiger partial charge on any atom is 0.123 e. The molecule has 1 fully saturated rings. The molecule has 0 spiro atoms. The van der Waals surface area contributed by atoms with Crippen LogP contribution in [0.2, 0.25) is 5.02 Å². The van der Waals surface area contributed by atoms with Gasteiger partial charge in [-0.05, 0) is 56.1 Å². The Morgan fingerprint density at radius 2 is 2.11 bits per heavy atom. The fourth-order valence-electron chi connectivity index (χ4n) is 3.09. The van der Waals surface area contributed by atoms with Crippen molar-refractivity contribution in [2.24, 2.45) is 11.7 Å². The summed E-state index contributed by atoms with van der Waals surface area (Å²) in [5, 5.41) is 0.633. The molecule has 19 heavy (non-hydrogen) atoms. The third kappa shape index (κ3) is 3.68. The summed E-state index contributed by atoms with van der Waals surface area (Å²) in [7, 11) is 2.08. The molecule has 0 saturated heterocycles. The zero-order valence-electron chi connectivity index (χ0n) is 11.4. The number of hydrogen-bond donors (Lipinski definition) is 1. The highest BCUT2D eigenvalue weighted by atomic mass is 35.5. The van der Waals surface area contributed by atoms with Crippen LogP contribution in [0.15, 0.2) is 18.2 Å². The van der Waals surface area contributed by atoms with Gasteiger partial charge in [0, 0.05) is 17.6 Å². The molecule has 4 heteroatoms. The van der Waals surface area contributed by atoms with Crippen molar-refractivity contribution in [2.45, 2.75) is 38.3 Å². The average Bonchev–Trinajstić information content (AvgIpc) is 2.42. The summed E-state index contributed by atoms with van der Waals surface area (Å²) in [6.45, 7) is 1.41. The second kappa shape index (κ2) is 6.69. The van der Waals surface area contributed by atoms with Gasteiger partial charge in [0.15, 0.2) is 0 Å². The lowest BCUT2D eigenvalue weighted by Crippen LogP contribution is -2.42. The normalized spacial score (nSPS) is 23.8. The van der Waals surface area contributed by atoms with Gasteiger partial charge in [-0.15, -0.1) is 0 Å². The van der Waals surface area contributed by atoms with Gasteiger partial charge in [-0.1, -0.05) is 24.4 Å². The van der Waals surface area contributed by atoms with E-state index in [0.717, 1.165) is 12.1 Å². The van der Waals surface area contributed by atoms with E-state index in [1.54, 1.807) is 6.07 Å². The standard InChI is InChI=1S/C15H22ClFN2/c1-19(15-5-3-2-4-11(15)9-18)10-12-8-13(17)6-7-14(12)16/h6-8,11,15H,2-5,9-10,18H2,1H3. The quantitative estimate of drug-likeness (QED) is 0.918. The minimum atomic E-state index is -0.230. The van der Waals surface area contributed by atoms with Crippen LogP contribution in [0.5, 0.6) is 0 Å². The van der Waals surface area contributed by atoms with E-state index in [4.69, 9.17) is 17.3 Å². The summed E-state index contributed by atoms with van der Waals surface area (Å²) in [5.41, 5.74) is 6.72. The highest BCUT2D eigenvalue weighted by molar-refractivity contribution is 6.31. The van der Waals surface area contributed by atoms with Gasteiger partial charge in [-0.2, -0.15) is 0 Å². The van der Waals surface area contributed by atoms with Gasteiger partial charge >= 0.3 is 0 Å². The van der Waals surface area contributed by atoms with Crippen LogP contribution < -0.4 is 5.73 Å². The fourth-order valence-corrected chi connectivity index (χ4v) is 3.27. The van der Waals surface area contributed by atoms with E-state index in [0.29, 0.717) is 23.5 Å². The molecule has 0 heterocycles. The molecule has 0 aromatic heterocycles.